The first-order valence-corrected chi connectivity index (χ1v) is 5.25. The Morgan fingerprint density at radius 3 is 2.00 bits per heavy atom. The van der Waals surface area contributed by atoms with Gasteiger partial charge < -0.3 is 4.43 Å². The van der Waals surface area contributed by atoms with Gasteiger partial charge in [-0.2, -0.15) is 0 Å². The number of nitrogens with zero attached hydrogens (tertiary/aromatic N) is 1. The molecule has 0 aromatic heterocycles. The Bertz CT molecular complexity index is 96.1. The SMILES string of the molecule is CCN(CC)C(C)C(C)O[SiH3]. The van der Waals surface area contributed by atoms with Gasteiger partial charge in [-0.15, -0.1) is 0 Å². The standard InChI is InChI=1S/C8H21NOSi/c1-5-9(6-2)7(3)8(4)10-11/h7-8H,5-6H2,1-4,11H3. The summed E-state index contributed by atoms with van der Waals surface area (Å²) < 4.78 is 5.39. The summed E-state index contributed by atoms with van der Waals surface area (Å²) in [4.78, 5) is 2.42. The van der Waals surface area contributed by atoms with E-state index in [-0.39, 0.29) is 0 Å². The molecule has 0 N–H and O–H groups in total. The van der Waals surface area contributed by atoms with Crippen LogP contribution < -0.4 is 0 Å². The van der Waals surface area contributed by atoms with Crippen molar-refractivity contribution in [3.63, 3.8) is 0 Å². The Morgan fingerprint density at radius 1 is 1.27 bits per heavy atom. The fourth-order valence-corrected chi connectivity index (χ4v) is 1.69. The Labute approximate surface area is 73.5 Å². The summed E-state index contributed by atoms with van der Waals surface area (Å²) >= 11 is 0. The number of likely N-dealkylation sites (N-methyl/N-ethyl adjacent to an activating group) is 1. The van der Waals surface area contributed by atoms with Gasteiger partial charge in [0, 0.05) is 6.04 Å². The quantitative estimate of drug-likeness (QED) is 0.561. The molecule has 0 radical (unpaired) electrons. The van der Waals surface area contributed by atoms with Gasteiger partial charge in [-0.1, -0.05) is 13.8 Å². The topological polar surface area (TPSA) is 12.5 Å². The number of hydrogen-bond acceptors (Lipinski definition) is 2. The molecule has 2 nitrogen and oxygen atoms in total. The van der Waals surface area contributed by atoms with E-state index >= 15 is 0 Å². The normalized spacial score (nSPS) is 17.2. The van der Waals surface area contributed by atoms with Crippen LogP contribution in [0.5, 0.6) is 0 Å². The van der Waals surface area contributed by atoms with E-state index in [1.54, 1.807) is 0 Å². The van der Waals surface area contributed by atoms with E-state index in [0.29, 0.717) is 12.1 Å². The largest absolute Gasteiger partial charge is 0.424 e. The van der Waals surface area contributed by atoms with E-state index in [4.69, 9.17) is 4.43 Å². The molecule has 2 atom stereocenters. The molecule has 11 heavy (non-hydrogen) atoms. The van der Waals surface area contributed by atoms with Gasteiger partial charge in [-0.05, 0) is 26.9 Å². The van der Waals surface area contributed by atoms with E-state index in [9.17, 15) is 0 Å². The molecule has 0 saturated carbocycles. The summed E-state index contributed by atoms with van der Waals surface area (Å²) in [6, 6.07) is 0.558. The van der Waals surface area contributed by atoms with Crippen molar-refractivity contribution in [2.45, 2.75) is 39.8 Å². The minimum absolute atomic E-state index is 0.390. The van der Waals surface area contributed by atoms with Crippen LogP contribution >= 0.6 is 0 Å². The molecular formula is C8H21NOSi. The molecule has 68 valence electrons. The first kappa shape index (κ1) is 11.1. The van der Waals surface area contributed by atoms with Crippen LogP contribution in [0.4, 0.5) is 0 Å². The van der Waals surface area contributed by atoms with Crippen molar-refractivity contribution >= 4 is 10.5 Å². The zero-order valence-corrected chi connectivity index (χ0v) is 10.4. The third-order valence-electron chi connectivity index (χ3n) is 2.44. The Morgan fingerprint density at radius 2 is 1.73 bits per heavy atom. The minimum atomic E-state index is 0.390. The smallest absolute Gasteiger partial charge is 0.146 e. The van der Waals surface area contributed by atoms with Crippen LogP contribution in [-0.2, 0) is 4.43 Å². The van der Waals surface area contributed by atoms with Crippen LogP contribution in [0.25, 0.3) is 0 Å². The molecule has 0 amide bonds. The summed E-state index contributed by atoms with van der Waals surface area (Å²) in [6.07, 6.45) is 0.390. The Kier molecular flexibility index (Phi) is 5.82. The maximum Gasteiger partial charge on any atom is 0.146 e. The molecule has 0 saturated heterocycles. The minimum Gasteiger partial charge on any atom is -0.424 e. The summed E-state index contributed by atoms with van der Waals surface area (Å²) in [5.74, 6) is 0. The molecule has 0 aliphatic carbocycles. The van der Waals surface area contributed by atoms with Crippen LogP contribution in [0.3, 0.4) is 0 Å². The molecule has 0 aromatic rings. The van der Waals surface area contributed by atoms with Gasteiger partial charge >= 0.3 is 0 Å². The molecule has 0 aliphatic heterocycles. The Balaban J connectivity index is 3.86. The summed E-state index contributed by atoms with van der Waals surface area (Å²) in [7, 11) is 0.845. The van der Waals surface area contributed by atoms with Crippen molar-refractivity contribution in [2.75, 3.05) is 13.1 Å². The van der Waals surface area contributed by atoms with Crippen molar-refractivity contribution < 1.29 is 4.43 Å². The van der Waals surface area contributed by atoms with Gasteiger partial charge in [-0.3, -0.25) is 4.90 Å². The average Bonchev–Trinajstić information content (AvgIpc) is 2.05. The monoisotopic (exact) mass is 175 g/mol. The van der Waals surface area contributed by atoms with Gasteiger partial charge in [0.15, 0.2) is 0 Å². The molecular weight excluding hydrogens is 154 g/mol. The molecule has 0 spiro atoms. The second-order valence-corrected chi connectivity index (χ2v) is 3.37. The molecule has 0 aromatic carbocycles. The maximum absolute atomic E-state index is 5.39. The second-order valence-electron chi connectivity index (χ2n) is 2.90. The zero-order valence-electron chi connectivity index (χ0n) is 8.42. The van der Waals surface area contributed by atoms with Gasteiger partial charge in [0.05, 0.1) is 6.10 Å². The van der Waals surface area contributed by atoms with E-state index in [2.05, 4.69) is 32.6 Å². The summed E-state index contributed by atoms with van der Waals surface area (Å²) in [6.45, 7) is 11.0. The zero-order chi connectivity index (χ0) is 8.85. The van der Waals surface area contributed by atoms with Gasteiger partial charge in [-0.25, -0.2) is 0 Å². The lowest BCUT2D eigenvalue weighted by atomic mass is 10.2. The van der Waals surface area contributed by atoms with Gasteiger partial charge in [0.2, 0.25) is 0 Å². The van der Waals surface area contributed by atoms with Crippen molar-refractivity contribution in [1.29, 1.82) is 0 Å². The molecule has 0 fully saturated rings. The lowest BCUT2D eigenvalue weighted by Gasteiger charge is -2.30. The highest BCUT2D eigenvalue weighted by molar-refractivity contribution is 5.98. The molecule has 0 heterocycles. The first-order valence-electron chi connectivity index (χ1n) is 4.44. The number of rotatable bonds is 5. The average molecular weight is 175 g/mol. The highest BCUT2D eigenvalue weighted by atomic mass is 28.2. The summed E-state index contributed by atoms with van der Waals surface area (Å²) in [5.41, 5.74) is 0. The lowest BCUT2D eigenvalue weighted by molar-refractivity contribution is 0.102. The fraction of sp³-hybridized carbons (Fsp3) is 1.00. The van der Waals surface area contributed by atoms with Crippen LogP contribution in [0.2, 0.25) is 0 Å². The van der Waals surface area contributed by atoms with Crippen molar-refractivity contribution in [3.05, 3.63) is 0 Å². The van der Waals surface area contributed by atoms with Crippen LogP contribution in [-0.4, -0.2) is 40.6 Å². The Hall–Kier alpha value is 0.137. The van der Waals surface area contributed by atoms with Crippen molar-refractivity contribution in [1.82, 2.24) is 4.90 Å². The molecule has 0 bridgehead atoms. The predicted molar refractivity (Wildman–Crippen MR) is 52.9 cm³/mol. The molecule has 0 rings (SSSR count). The van der Waals surface area contributed by atoms with Crippen molar-refractivity contribution in [2.24, 2.45) is 0 Å². The molecule has 3 heteroatoms. The highest BCUT2D eigenvalue weighted by Crippen LogP contribution is 2.05. The van der Waals surface area contributed by atoms with Crippen LogP contribution in [0.1, 0.15) is 27.7 Å². The predicted octanol–water partition coefficient (Wildman–Crippen LogP) is 0.402. The van der Waals surface area contributed by atoms with Gasteiger partial charge in [0.1, 0.15) is 10.5 Å². The van der Waals surface area contributed by atoms with E-state index in [1.165, 1.54) is 0 Å². The third kappa shape index (κ3) is 3.36. The van der Waals surface area contributed by atoms with E-state index < -0.39 is 0 Å². The highest BCUT2D eigenvalue weighted by Gasteiger charge is 2.15. The van der Waals surface area contributed by atoms with Crippen LogP contribution in [0.15, 0.2) is 0 Å². The number of hydrogen-bond donors (Lipinski definition) is 0. The third-order valence-corrected chi connectivity index (χ3v) is 3.18. The molecule has 2 unspecified atom stereocenters. The van der Waals surface area contributed by atoms with Crippen LogP contribution in [0, 0.1) is 0 Å². The maximum atomic E-state index is 5.39. The second kappa shape index (κ2) is 5.74. The first-order chi connectivity index (χ1) is 5.17. The van der Waals surface area contributed by atoms with Gasteiger partial charge in [0.25, 0.3) is 0 Å². The lowest BCUT2D eigenvalue weighted by Crippen LogP contribution is -2.40. The van der Waals surface area contributed by atoms with E-state index in [1.807, 2.05) is 0 Å². The van der Waals surface area contributed by atoms with Crippen molar-refractivity contribution in [3.8, 4) is 0 Å². The molecule has 0 aliphatic rings. The fourth-order valence-electron chi connectivity index (χ4n) is 1.29. The summed E-state index contributed by atoms with van der Waals surface area (Å²) in [5, 5.41) is 0. The van der Waals surface area contributed by atoms with E-state index in [0.717, 1.165) is 23.6 Å².